The van der Waals surface area contributed by atoms with Crippen LogP contribution in [0.5, 0.6) is 0 Å². The normalized spacial score (nSPS) is 15.9. The van der Waals surface area contributed by atoms with Crippen LogP contribution in [0.25, 0.3) is 0 Å². The summed E-state index contributed by atoms with van der Waals surface area (Å²) in [4.78, 5) is 44.6. The van der Waals surface area contributed by atoms with Gasteiger partial charge in [-0.2, -0.15) is 0 Å². The molecule has 0 fully saturated rings. The lowest BCUT2D eigenvalue weighted by atomic mass is 9.95. The van der Waals surface area contributed by atoms with Gasteiger partial charge < -0.3 is 20.1 Å². The molecule has 2 N–H and O–H groups in total. The summed E-state index contributed by atoms with van der Waals surface area (Å²) >= 11 is 5.93. The molecule has 1 atom stereocenters. The van der Waals surface area contributed by atoms with Crippen LogP contribution in [0.1, 0.15) is 29.0 Å². The summed E-state index contributed by atoms with van der Waals surface area (Å²) in [5.41, 5.74) is 0.857. The summed E-state index contributed by atoms with van der Waals surface area (Å²) < 4.78 is 10.3. The second-order valence-corrected chi connectivity index (χ2v) is 6.30. The first kappa shape index (κ1) is 20.3. The lowest BCUT2D eigenvalue weighted by Crippen LogP contribution is -2.47. The Balaban J connectivity index is 1.92. The number of hydrogen-bond acceptors (Lipinski definition) is 7. The van der Waals surface area contributed by atoms with E-state index in [0.29, 0.717) is 10.6 Å². The van der Waals surface area contributed by atoms with Gasteiger partial charge in [0, 0.05) is 17.4 Å². The van der Waals surface area contributed by atoms with E-state index in [9.17, 15) is 14.4 Å². The summed E-state index contributed by atoms with van der Waals surface area (Å²) in [6, 6.07) is 5.29. The number of ether oxygens (including phenoxy) is 2. The number of urea groups is 1. The van der Waals surface area contributed by atoms with Crippen molar-refractivity contribution in [3.63, 3.8) is 0 Å². The van der Waals surface area contributed by atoms with E-state index in [2.05, 4.69) is 20.6 Å². The Labute approximate surface area is 171 Å². The van der Waals surface area contributed by atoms with Crippen molar-refractivity contribution in [2.45, 2.75) is 13.0 Å². The van der Waals surface area contributed by atoms with Gasteiger partial charge in [-0.1, -0.05) is 23.7 Å². The molecule has 2 heterocycles. The number of aromatic nitrogens is 2. The zero-order valence-electron chi connectivity index (χ0n) is 15.3. The summed E-state index contributed by atoms with van der Waals surface area (Å²) in [6.45, 7) is 1.44. The van der Waals surface area contributed by atoms with Gasteiger partial charge in [-0.3, -0.25) is 4.98 Å². The fourth-order valence-electron chi connectivity index (χ4n) is 2.70. The van der Waals surface area contributed by atoms with E-state index in [4.69, 9.17) is 21.1 Å². The molecule has 1 aliphatic heterocycles. The molecule has 0 radical (unpaired) electrons. The van der Waals surface area contributed by atoms with Crippen molar-refractivity contribution in [3.8, 4) is 0 Å². The SMILES string of the molecule is CCOC(=O)C1=C(COC(=O)c2cnccn2)NC(=O)N[C@@H]1c1ccc(Cl)cc1. The number of carbonyl (C=O) groups is 3. The van der Waals surface area contributed by atoms with Gasteiger partial charge in [0.1, 0.15) is 6.61 Å². The topological polar surface area (TPSA) is 120 Å². The molecule has 0 saturated carbocycles. The number of carbonyl (C=O) groups excluding carboxylic acids is 3. The molecule has 0 aliphatic carbocycles. The van der Waals surface area contributed by atoms with Crippen molar-refractivity contribution in [1.29, 1.82) is 0 Å². The average molecular weight is 417 g/mol. The highest BCUT2D eigenvalue weighted by Gasteiger charge is 2.34. The van der Waals surface area contributed by atoms with Gasteiger partial charge in [0.25, 0.3) is 0 Å². The van der Waals surface area contributed by atoms with Crippen LogP contribution in [-0.4, -0.2) is 41.2 Å². The van der Waals surface area contributed by atoms with Gasteiger partial charge in [-0.15, -0.1) is 0 Å². The first-order valence-corrected chi connectivity index (χ1v) is 9.03. The molecule has 1 aliphatic rings. The maximum Gasteiger partial charge on any atom is 0.358 e. The molecule has 2 aromatic rings. The molecule has 2 amide bonds. The monoisotopic (exact) mass is 416 g/mol. The quantitative estimate of drug-likeness (QED) is 0.692. The van der Waals surface area contributed by atoms with Crippen LogP contribution in [-0.2, 0) is 14.3 Å². The first-order chi connectivity index (χ1) is 14.0. The standard InChI is InChI=1S/C19H17ClN4O5/c1-2-28-18(26)15-14(10-29-17(25)13-9-21-7-8-22-13)23-19(27)24-16(15)11-3-5-12(20)6-4-11/h3-9,16H,2,10H2,1H3,(H2,23,24,27)/t16-/m1/s1. The molecule has 150 valence electrons. The Kier molecular flexibility index (Phi) is 6.40. The van der Waals surface area contributed by atoms with Crippen LogP contribution in [0.4, 0.5) is 4.79 Å². The van der Waals surface area contributed by atoms with Crippen molar-refractivity contribution in [1.82, 2.24) is 20.6 Å². The third kappa shape index (κ3) is 4.88. The Bertz CT molecular complexity index is 947. The lowest BCUT2D eigenvalue weighted by molar-refractivity contribution is -0.139. The van der Waals surface area contributed by atoms with E-state index in [-0.39, 0.29) is 30.2 Å². The van der Waals surface area contributed by atoms with E-state index in [0.717, 1.165) is 0 Å². The number of rotatable bonds is 6. The maximum atomic E-state index is 12.6. The summed E-state index contributed by atoms with van der Waals surface area (Å²) in [7, 11) is 0. The van der Waals surface area contributed by atoms with Gasteiger partial charge >= 0.3 is 18.0 Å². The summed E-state index contributed by atoms with van der Waals surface area (Å²) in [5, 5.41) is 5.70. The Hall–Kier alpha value is -3.46. The summed E-state index contributed by atoms with van der Waals surface area (Å²) in [5.74, 6) is -1.39. The van der Waals surface area contributed by atoms with E-state index in [1.165, 1.54) is 18.6 Å². The van der Waals surface area contributed by atoms with Gasteiger partial charge in [-0.05, 0) is 24.6 Å². The number of nitrogens with zero attached hydrogens (tertiary/aromatic N) is 2. The van der Waals surface area contributed by atoms with E-state index in [1.54, 1.807) is 31.2 Å². The molecule has 9 nitrogen and oxygen atoms in total. The van der Waals surface area contributed by atoms with Gasteiger partial charge in [0.15, 0.2) is 5.69 Å². The number of nitrogens with one attached hydrogen (secondary N) is 2. The fourth-order valence-corrected chi connectivity index (χ4v) is 2.83. The summed E-state index contributed by atoms with van der Waals surface area (Å²) in [6.07, 6.45) is 4.02. The highest BCUT2D eigenvalue weighted by molar-refractivity contribution is 6.30. The van der Waals surface area contributed by atoms with E-state index < -0.39 is 24.0 Å². The molecular formula is C19H17ClN4O5. The Morgan fingerprint density at radius 2 is 1.90 bits per heavy atom. The lowest BCUT2D eigenvalue weighted by Gasteiger charge is -2.29. The van der Waals surface area contributed by atoms with Crippen LogP contribution in [0, 0.1) is 0 Å². The minimum atomic E-state index is -0.801. The molecule has 1 aromatic carbocycles. The molecule has 0 bridgehead atoms. The van der Waals surface area contributed by atoms with Gasteiger partial charge in [-0.25, -0.2) is 19.4 Å². The molecule has 29 heavy (non-hydrogen) atoms. The highest BCUT2D eigenvalue weighted by Crippen LogP contribution is 2.28. The maximum absolute atomic E-state index is 12.6. The van der Waals surface area contributed by atoms with E-state index >= 15 is 0 Å². The second kappa shape index (κ2) is 9.16. The van der Waals surface area contributed by atoms with Crippen LogP contribution >= 0.6 is 11.6 Å². The van der Waals surface area contributed by atoms with Crippen molar-refractivity contribution in [3.05, 3.63) is 70.4 Å². The van der Waals surface area contributed by atoms with Crippen molar-refractivity contribution in [2.75, 3.05) is 13.2 Å². The van der Waals surface area contributed by atoms with Gasteiger partial charge in [0.05, 0.1) is 30.1 Å². The van der Waals surface area contributed by atoms with Crippen LogP contribution in [0.3, 0.4) is 0 Å². The van der Waals surface area contributed by atoms with Crippen LogP contribution < -0.4 is 10.6 Å². The van der Waals surface area contributed by atoms with Crippen molar-refractivity contribution >= 4 is 29.6 Å². The average Bonchev–Trinajstić information content (AvgIpc) is 2.72. The molecule has 3 rings (SSSR count). The van der Waals surface area contributed by atoms with Crippen LogP contribution in [0.15, 0.2) is 54.1 Å². The third-order valence-electron chi connectivity index (χ3n) is 3.97. The zero-order chi connectivity index (χ0) is 20.8. The number of amides is 2. The van der Waals surface area contributed by atoms with E-state index in [1.807, 2.05) is 0 Å². The van der Waals surface area contributed by atoms with Crippen molar-refractivity contribution < 1.29 is 23.9 Å². The van der Waals surface area contributed by atoms with Crippen molar-refractivity contribution in [2.24, 2.45) is 0 Å². The third-order valence-corrected chi connectivity index (χ3v) is 4.22. The Morgan fingerprint density at radius 1 is 1.14 bits per heavy atom. The Morgan fingerprint density at radius 3 is 2.55 bits per heavy atom. The smallest absolute Gasteiger partial charge is 0.358 e. The minimum absolute atomic E-state index is 0.000275. The predicted molar refractivity (Wildman–Crippen MR) is 102 cm³/mol. The molecule has 0 spiro atoms. The minimum Gasteiger partial charge on any atom is -0.463 e. The zero-order valence-corrected chi connectivity index (χ0v) is 16.1. The first-order valence-electron chi connectivity index (χ1n) is 8.66. The number of esters is 2. The predicted octanol–water partition coefficient (Wildman–Crippen LogP) is 2.16. The molecular weight excluding hydrogens is 400 g/mol. The van der Waals surface area contributed by atoms with Crippen LogP contribution in [0.2, 0.25) is 5.02 Å². The highest BCUT2D eigenvalue weighted by atomic mass is 35.5. The fraction of sp³-hybridized carbons (Fsp3) is 0.211. The molecule has 0 saturated heterocycles. The number of hydrogen-bond donors (Lipinski definition) is 2. The largest absolute Gasteiger partial charge is 0.463 e. The second-order valence-electron chi connectivity index (χ2n) is 5.86. The molecule has 0 unspecified atom stereocenters. The number of benzene rings is 1. The number of halogens is 1. The molecule has 1 aromatic heterocycles. The van der Waals surface area contributed by atoms with Gasteiger partial charge in [0.2, 0.25) is 0 Å². The molecule has 10 heteroatoms.